The van der Waals surface area contributed by atoms with Crippen molar-refractivity contribution in [3.63, 3.8) is 0 Å². The third kappa shape index (κ3) is 3.90. The van der Waals surface area contributed by atoms with Crippen LogP contribution in [0.4, 0.5) is 14.6 Å². The maximum absolute atomic E-state index is 12.9. The number of halogens is 3. The summed E-state index contributed by atoms with van der Waals surface area (Å²) in [4.78, 5) is 13.2. The average molecular weight is 438 g/mol. The van der Waals surface area contributed by atoms with Gasteiger partial charge in [0, 0.05) is 27.0 Å². The molecule has 3 aromatic rings. The maximum atomic E-state index is 12.9. The summed E-state index contributed by atoms with van der Waals surface area (Å²) in [6.45, 7) is 0. The second-order valence-electron chi connectivity index (χ2n) is 5.99. The van der Waals surface area contributed by atoms with Crippen LogP contribution in [-0.4, -0.2) is 21.4 Å². The molecule has 0 aliphatic carbocycles. The fourth-order valence-electron chi connectivity index (χ4n) is 2.96. The Morgan fingerprint density at radius 1 is 1.21 bits per heavy atom. The van der Waals surface area contributed by atoms with Crippen LogP contribution in [0.25, 0.3) is 5.69 Å². The predicted octanol–water partition coefficient (Wildman–Crippen LogP) is 5.84. The van der Waals surface area contributed by atoms with Gasteiger partial charge < -0.3 is 5.32 Å². The van der Waals surface area contributed by atoms with Crippen LogP contribution in [0.5, 0.6) is 0 Å². The monoisotopic (exact) mass is 437 g/mol. The molecule has 1 aliphatic rings. The number of amides is 1. The van der Waals surface area contributed by atoms with Gasteiger partial charge in [0.15, 0.2) is 0 Å². The zero-order valence-corrected chi connectivity index (χ0v) is 16.8. The molecule has 9 heteroatoms. The number of hydrogen-bond acceptors (Lipinski definition) is 4. The van der Waals surface area contributed by atoms with Gasteiger partial charge in [0.05, 0.1) is 16.9 Å². The van der Waals surface area contributed by atoms with E-state index in [-0.39, 0.29) is 10.5 Å². The van der Waals surface area contributed by atoms with Crippen molar-refractivity contribution in [1.29, 1.82) is 0 Å². The summed E-state index contributed by atoms with van der Waals surface area (Å²) in [6, 6.07) is 13.5. The van der Waals surface area contributed by atoms with Crippen LogP contribution < -0.4 is 5.32 Å². The summed E-state index contributed by atoms with van der Waals surface area (Å²) in [5, 5.41) is 8.06. The highest BCUT2D eigenvalue weighted by molar-refractivity contribution is 7.99. The Bertz CT molecular complexity index is 1040. The molecule has 144 valence electrons. The van der Waals surface area contributed by atoms with Gasteiger partial charge in [0.25, 0.3) is 11.7 Å². The van der Waals surface area contributed by atoms with Crippen molar-refractivity contribution < 1.29 is 13.6 Å². The number of benzene rings is 2. The summed E-state index contributed by atoms with van der Waals surface area (Å²) in [5.41, 5.74) is 2.76. The molecular formula is C19H14ClF2N3OS2. The van der Waals surface area contributed by atoms with Crippen molar-refractivity contribution >= 4 is 46.8 Å². The van der Waals surface area contributed by atoms with Crippen molar-refractivity contribution in [3.05, 3.63) is 70.4 Å². The number of nitrogens with one attached hydrogen (secondary N) is 1. The van der Waals surface area contributed by atoms with E-state index in [4.69, 9.17) is 11.6 Å². The minimum atomic E-state index is -2.61. The standard InChI is InChI=1S/C19H14ClF2N3OS2/c20-11-4-3-5-12(8-11)25-17(14-9-27-10-15(14)24-25)23-18(26)13-6-1-2-7-16(13)28-19(21)22/h1-8,19H,9-10H2,(H,23,26). The molecule has 0 saturated heterocycles. The van der Waals surface area contributed by atoms with Gasteiger partial charge in [0.2, 0.25) is 0 Å². The first kappa shape index (κ1) is 19.3. The first-order valence-corrected chi connectivity index (χ1v) is 10.7. The third-order valence-electron chi connectivity index (χ3n) is 4.18. The fourth-order valence-corrected chi connectivity index (χ4v) is 4.82. The molecule has 1 amide bonds. The van der Waals surface area contributed by atoms with Gasteiger partial charge in [-0.25, -0.2) is 4.68 Å². The van der Waals surface area contributed by atoms with E-state index in [9.17, 15) is 13.6 Å². The SMILES string of the molecule is O=C(Nc1c2c(nn1-c1cccc(Cl)c1)CSC2)c1ccccc1SC(F)F. The molecule has 0 fully saturated rings. The Labute approximate surface area is 173 Å². The highest BCUT2D eigenvalue weighted by Crippen LogP contribution is 2.37. The summed E-state index contributed by atoms with van der Waals surface area (Å²) in [5.74, 6) is -1.04. The lowest BCUT2D eigenvalue weighted by atomic mass is 10.2. The van der Waals surface area contributed by atoms with Gasteiger partial charge in [-0.2, -0.15) is 25.6 Å². The van der Waals surface area contributed by atoms with E-state index in [0.717, 1.165) is 28.5 Å². The molecule has 28 heavy (non-hydrogen) atoms. The van der Waals surface area contributed by atoms with E-state index in [0.29, 0.717) is 22.6 Å². The number of anilines is 1. The van der Waals surface area contributed by atoms with E-state index in [1.54, 1.807) is 46.8 Å². The van der Waals surface area contributed by atoms with Gasteiger partial charge >= 0.3 is 0 Å². The number of fused-ring (bicyclic) bond motifs is 1. The molecule has 2 heterocycles. The number of aromatic nitrogens is 2. The minimum Gasteiger partial charge on any atom is -0.306 e. The topological polar surface area (TPSA) is 46.9 Å². The van der Waals surface area contributed by atoms with Crippen molar-refractivity contribution in [2.75, 3.05) is 5.32 Å². The lowest BCUT2D eigenvalue weighted by molar-refractivity contribution is 0.102. The van der Waals surface area contributed by atoms with E-state index in [2.05, 4.69) is 10.4 Å². The van der Waals surface area contributed by atoms with Crippen LogP contribution in [0.3, 0.4) is 0 Å². The van der Waals surface area contributed by atoms with Crippen LogP contribution >= 0.6 is 35.1 Å². The second kappa shape index (κ2) is 8.14. The lowest BCUT2D eigenvalue weighted by Crippen LogP contribution is -2.17. The molecule has 1 aliphatic heterocycles. The summed E-state index contributed by atoms with van der Waals surface area (Å²) in [7, 11) is 0. The van der Waals surface area contributed by atoms with Crippen molar-refractivity contribution in [1.82, 2.24) is 9.78 Å². The zero-order chi connectivity index (χ0) is 19.7. The van der Waals surface area contributed by atoms with E-state index in [1.807, 2.05) is 6.07 Å². The lowest BCUT2D eigenvalue weighted by Gasteiger charge is -2.13. The van der Waals surface area contributed by atoms with Crippen LogP contribution in [-0.2, 0) is 11.5 Å². The molecule has 0 atom stereocenters. The first-order chi connectivity index (χ1) is 13.5. The largest absolute Gasteiger partial charge is 0.306 e. The van der Waals surface area contributed by atoms with Gasteiger partial charge in [-0.15, -0.1) is 0 Å². The Morgan fingerprint density at radius 3 is 2.82 bits per heavy atom. The fraction of sp³-hybridized carbons (Fsp3) is 0.158. The predicted molar refractivity (Wildman–Crippen MR) is 110 cm³/mol. The summed E-state index contributed by atoms with van der Waals surface area (Å²) in [6.07, 6.45) is 0. The van der Waals surface area contributed by atoms with Crippen LogP contribution in [0, 0.1) is 0 Å². The number of carbonyl (C=O) groups excluding carboxylic acids is 1. The average Bonchev–Trinajstić information content (AvgIpc) is 3.24. The highest BCUT2D eigenvalue weighted by atomic mass is 35.5. The van der Waals surface area contributed by atoms with E-state index in [1.165, 1.54) is 12.1 Å². The molecular weight excluding hydrogens is 424 g/mol. The van der Waals surface area contributed by atoms with Crippen molar-refractivity contribution in [2.24, 2.45) is 0 Å². The van der Waals surface area contributed by atoms with Crippen LogP contribution in [0.1, 0.15) is 21.6 Å². The molecule has 0 saturated carbocycles. The molecule has 0 unspecified atom stereocenters. The zero-order valence-electron chi connectivity index (χ0n) is 14.4. The number of rotatable bonds is 5. The third-order valence-corrected chi connectivity index (χ3v) is 6.18. The molecule has 4 nitrogen and oxygen atoms in total. The molecule has 2 aromatic carbocycles. The Balaban J connectivity index is 1.72. The normalized spacial score (nSPS) is 13.0. The van der Waals surface area contributed by atoms with Crippen LogP contribution in [0.15, 0.2) is 53.4 Å². The highest BCUT2D eigenvalue weighted by Gasteiger charge is 2.26. The van der Waals surface area contributed by atoms with Crippen LogP contribution in [0.2, 0.25) is 5.02 Å². The number of thioether (sulfide) groups is 2. The Morgan fingerprint density at radius 2 is 2.04 bits per heavy atom. The number of alkyl halides is 2. The molecule has 0 spiro atoms. The molecule has 4 rings (SSSR count). The number of nitrogens with zero attached hydrogens (tertiary/aromatic N) is 2. The number of carbonyl (C=O) groups is 1. The van der Waals surface area contributed by atoms with Crippen molar-refractivity contribution in [2.45, 2.75) is 22.2 Å². The van der Waals surface area contributed by atoms with Gasteiger partial charge in [-0.05, 0) is 30.3 Å². The molecule has 1 aromatic heterocycles. The molecule has 0 bridgehead atoms. The minimum absolute atomic E-state index is 0.200. The molecule has 0 radical (unpaired) electrons. The summed E-state index contributed by atoms with van der Waals surface area (Å²) >= 11 is 8.17. The van der Waals surface area contributed by atoms with Gasteiger partial charge in [-0.1, -0.05) is 41.6 Å². The number of hydrogen-bond donors (Lipinski definition) is 1. The van der Waals surface area contributed by atoms with Gasteiger partial charge in [0.1, 0.15) is 5.82 Å². The summed E-state index contributed by atoms with van der Waals surface area (Å²) < 4.78 is 27.3. The van der Waals surface area contributed by atoms with E-state index >= 15 is 0 Å². The Hall–Kier alpha value is -2.03. The second-order valence-corrected chi connectivity index (χ2v) is 8.44. The Kier molecular flexibility index (Phi) is 5.61. The quantitative estimate of drug-likeness (QED) is 0.509. The molecule has 1 N–H and O–H groups in total. The van der Waals surface area contributed by atoms with Crippen molar-refractivity contribution in [3.8, 4) is 5.69 Å². The first-order valence-electron chi connectivity index (χ1n) is 8.32. The van der Waals surface area contributed by atoms with Gasteiger partial charge in [-0.3, -0.25) is 4.79 Å². The maximum Gasteiger partial charge on any atom is 0.288 e. The van der Waals surface area contributed by atoms with E-state index < -0.39 is 11.7 Å². The smallest absolute Gasteiger partial charge is 0.288 e.